The summed E-state index contributed by atoms with van der Waals surface area (Å²) in [6.45, 7) is 6.08. The summed E-state index contributed by atoms with van der Waals surface area (Å²) < 4.78 is 20.1. The van der Waals surface area contributed by atoms with Crippen molar-refractivity contribution in [1.82, 2.24) is 34.6 Å². The number of rotatable bonds is 4. The van der Waals surface area contributed by atoms with Crippen molar-refractivity contribution in [1.29, 1.82) is 0 Å². The molecule has 0 saturated carbocycles. The van der Waals surface area contributed by atoms with E-state index in [9.17, 15) is 4.39 Å². The van der Waals surface area contributed by atoms with Gasteiger partial charge in [-0.1, -0.05) is 17.3 Å². The van der Waals surface area contributed by atoms with E-state index in [-0.39, 0.29) is 11.8 Å². The molecule has 2 N–H and O–H groups in total. The summed E-state index contributed by atoms with van der Waals surface area (Å²) >= 11 is 0. The van der Waals surface area contributed by atoms with E-state index in [1.54, 1.807) is 18.3 Å². The fraction of sp³-hybridized carbons (Fsp3) is 0.350. The first-order valence-corrected chi connectivity index (χ1v) is 10.1. The molecule has 0 unspecified atom stereocenters. The Labute approximate surface area is 177 Å². The molecule has 3 aromatic heterocycles. The van der Waals surface area contributed by atoms with Gasteiger partial charge >= 0.3 is 0 Å². The molecular weight excluding hydrogens is 401 g/mol. The number of halogens is 1. The van der Waals surface area contributed by atoms with Gasteiger partial charge in [0.1, 0.15) is 11.6 Å². The van der Waals surface area contributed by atoms with Crippen LogP contribution in [0, 0.1) is 12.7 Å². The zero-order valence-electron chi connectivity index (χ0n) is 17.1. The maximum Gasteiger partial charge on any atom is 0.259 e. The highest BCUT2D eigenvalue weighted by atomic mass is 19.1. The zero-order chi connectivity index (χ0) is 21.4. The van der Waals surface area contributed by atoms with Crippen molar-refractivity contribution in [3.63, 3.8) is 0 Å². The Kier molecular flexibility index (Phi) is 4.94. The summed E-state index contributed by atoms with van der Waals surface area (Å²) in [5, 5.41) is 8.20. The number of hydrogen-bond acceptors (Lipinski definition) is 9. The van der Waals surface area contributed by atoms with Crippen LogP contribution in [-0.2, 0) is 6.54 Å². The fourth-order valence-electron chi connectivity index (χ4n) is 3.73. The van der Waals surface area contributed by atoms with Crippen LogP contribution < -0.4 is 10.6 Å². The molecule has 1 aliphatic rings. The van der Waals surface area contributed by atoms with Crippen molar-refractivity contribution < 1.29 is 8.91 Å². The lowest BCUT2D eigenvalue weighted by Gasteiger charge is -2.21. The van der Waals surface area contributed by atoms with E-state index < -0.39 is 0 Å². The lowest BCUT2D eigenvalue weighted by Crippen LogP contribution is -2.32. The number of fused-ring (bicyclic) bond motifs is 1. The van der Waals surface area contributed by atoms with Crippen LogP contribution in [0.15, 0.2) is 35.0 Å². The molecule has 1 aliphatic heterocycles. The normalized spacial score (nSPS) is 15.5. The SMILES string of the molecule is Cc1oncc1CN1CCCN(c2nc(N)n3nc(-c4cccc(F)c4)nc3n2)CC1. The highest BCUT2D eigenvalue weighted by Crippen LogP contribution is 2.20. The Balaban J connectivity index is 1.37. The van der Waals surface area contributed by atoms with Crippen LogP contribution in [0.5, 0.6) is 0 Å². The average molecular weight is 423 g/mol. The van der Waals surface area contributed by atoms with Crippen LogP contribution >= 0.6 is 0 Å². The molecule has 0 bridgehead atoms. The number of nitrogens with two attached hydrogens (primary N) is 1. The number of aromatic nitrogens is 6. The molecule has 1 fully saturated rings. The molecule has 5 rings (SSSR count). The molecule has 4 heterocycles. The van der Waals surface area contributed by atoms with Crippen molar-refractivity contribution in [3.8, 4) is 11.4 Å². The third-order valence-corrected chi connectivity index (χ3v) is 5.42. The predicted molar refractivity (Wildman–Crippen MR) is 112 cm³/mol. The molecule has 160 valence electrons. The standard InChI is InChI=1S/C20H22FN9O/c1-13-15(11-23-31-13)12-28-6-3-7-29(9-8-28)19-25-18(22)30-20(26-19)24-17(27-30)14-4-2-5-16(21)10-14/h2,4-5,10-11H,3,6-9,12H2,1H3,(H2,22,24,25,26,27). The van der Waals surface area contributed by atoms with Gasteiger partial charge < -0.3 is 15.2 Å². The van der Waals surface area contributed by atoms with E-state index in [4.69, 9.17) is 10.3 Å². The monoisotopic (exact) mass is 423 g/mol. The van der Waals surface area contributed by atoms with E-state index in [0.29, 0.717) is 23.1 Å². The Morgan fingerprint density at radius 1 is 1.13 bits per heavy atom. The van der Waals surface area contributed by atoms with Gasteiger partial charge in [0, 0.05) is 43.9 Å². The first-order valence-electron chi connectivity index (χ1n) is 10.1. The summed E-state index contributed by atoms with van der Waals surface area (Å²) in [4.78, 5) is 17.9. The Morgan fingerprint density at radius 2 is 2.03 bits per heavy atom. The van der Waals surface area contributed by atoms with Crippen molar-refractivity contribution >= 4 is 17.7 Å². The number of nitrogens with zero attached hydrogens (tertiary/aromatic N) is 8. The second-order valence-corrected chi connectivity index (χ2v) is 7.56. The Bertz CT molecular complexity index is 1220. The van der Waals surface area contributed by atoms with Crippen molar-refractivity contribution in [2.75, 3.05) is 36.8 Å². The van der Waals surface area contributed by atoms with Crippen LogP contribution in [0.2, 0.25) is 0 Å². The summed E-state index contributed by atoms with van der Waals surface area (Å²) in [6.07, 6.45) is 2.73. The highest BCUT2D eigenvalue weighted by molar-refractivity contribution is 5.58. The van der Waals surface area contributed by atoms with Gasteiger partial charge in [-0.3, -0.25) is 4.90 Å². The molecule has 1 aromatic carbocycles. The average Bonchev–Trinajstić information content (AvgIpc) is 3.29. The molecule has 0 aliphatic carbocycles. The molecule has 4 aromatic rings. The topological polar surface area (TPSA) is 114 Å². The van der Waals surface area contributed by atoms with E-state index in [2.05, 4.69) is 35.0 Å². The second-order valence-electron chi connectivity index (χ2n) is 7.56. The van der Waals surface area contributed by atoms with E-state index >= 15 is 0 Å². The molecule has 0 atom stereocenters. The largest absolute Gasteiger partial charge is 0.368 e. The quantitative estimate of drug-likeness (QED) is 0.526. The molecule has 1 saturated heterocycles. The molecule has 0 amide bonds. The van der Waals surface area contributed by atoms with Crippen LogP contribution in [0.4, 0.5) is 16.3 Å². The van der Waals surface area contributed by atoms with Crippen LogP contribution in [-0.4, -0.2) is 60.8 Å². The summed E-state index contributed by atoms with van der Waals surface area (Å²) in [5.41, 5.74) is 7.80. The van der Waals surface area contributed by atoms with Gasteiger partial charge in [-0.05, 0) is 25.5 Å². The van der Waals surface area contributed by atoms with Gasteiger partial charge in [-0.15, -0.1) is 5.10 Å². The number of aryl methyl sites for hydroxylation is 1. The minimum atomic E-state index is -0.355. The number of nitrogen functional groups attached to an aromatic ring is 1. The van der Waals surface area contributed by atoms with Crippen LogP contribution in [0.3, 0.4) is 0 Å². The number of benzene rings is 1. The molecular formula is C20H22FN9O. The maximum absolute atomic E-state index is 13.6. The van der Waals surface area contributed by atoms with Crippen molar-refractivity contribution in [2.45, 2.75) is 19.9 Å². The predicted octanol–water partition coefficient (Wildman–Crippen LogP) is 1.92. The molecule has 11 heteroatoms. The van der Waals surface area contributed by atoms with Crippen molar-refractivity contribution in [3.05, 3.63) is 47.6 Å². The Morgan fingerprint density at radius 3 is 2.84 bits per heavy atom. The van der Waals surface area contributed by atoms with Gasteiger partial charge in [0.25, 0.3) is 5.78 Å². The fourth-order valence-corrected chi connectivity index (χ4v) is 3.73. The first-order chi connectivity index (χ1) is 15.1. The molecule has 0 radical (unpaired) electrons. The summed E-state index contributed by atoms with van der Waals surface area (Å²) in [7, 11) is 0. The minimum Gasteiger partial charge on any atom is -0.368 e. The molecule has 31 heavy (non-hydrogen) atoms. The lowest BCUT2D eigenvalue weighted by atomic mass is 10.2. The zero-order valence-corrected chi connectivity index (χ0v) is 17.1. The summed E-state index contributed by atoms with van der Waals surface area (Å²) in [6, 6.07) is 6.10. The Hall–Kier alpha value is -3.60. The highest BCUT2D eigenvalue weighted by Gasteiger charge is 2.21. The lowest BCUT2D eigenvalue weighted by molar-refractivity contribution is 0.283. The molecule has 0 spiro atoms. The van der Waals surface area contributed by atoms with E-state index in [1.807, 2.05) is 6.92 Å². The van der Waals surface area contributed by atoms with Gasteiger partial charge in [-0.25, -0.2) is 4.39 Å². The minimum absolute atomic E-state index is 0.191. The van der Waals surface area contributed by atoms with Gasteiger partial charge in [-0.2, -0.15) is 19.5 Å². The number of anilines is 2. The first kappa shape index (κ1) is 19.4. The van der Waals surface area contributed by atoms with Crippen LogP contribution in [0.25, 0.3) is 17.2 Å². The van der Waals surface area contributed by atoms with E-state index in [1.165, 1.54) is 16.6 Å². The van der Waals surface area contributed by atoms with Gasteiger partial charge in [0.15, 0.2) is 5.82 Å². The summed E-state index contributed by atoms with van der Waals surface area (Å²) in [5.74, 6) is 1.89. The maximum atomic E-state index is 13.6. The van der Waals surface area contributed by atoms with E-state index in [0.717, 1.165) is 50.5 Å². The third-order valence-electron chi connectivity index (χ3n) is 5.42. The second kappa shape index (κ2) is 7.91. The van der Waals surface area contributed by atoms with Crippen LogP contribution in [0.1, 0.15) is 17.7 Å². The van der Waals surface area contributed by atoms with Crippen molar-refractivity contribution in [2.24, 2.45) is 0 Å². The van der Waals surface area contributed by atoms with Gasteiger partial charge in [0.05, 0.1) is 6.20 Å². The number of hydrogen-bond donors (Lipinski definition) is 1. The third kappa shape index (κ3) is 3.91. The van der Waals surface area contributed by atoms with Gasteiger partial charge in [0.2, 0.25) is 11.9 Å². The molecule has 10 nitrogen and oxygen atoms in total. The smallest absolute Gasteiger partial charge is 0.259 e.